The van der Waals surface area contributed by atoms with Crippen LogP contribution < -0.4 is 0 Å². The highest BCUT2D eigenvalue weighted by atomic mass is 16.4. The van der Waals surface area contributed by atoms with E-state index in [0.717, 1.165) is 32.4 Å². The molecule has 2 aliphatic rings. The predicted octanol–water partition coefficient (Wildman–Crippen LogP) is 2.38. The Labute approximate surface area is 115 Å². The first kappa shape index (κ1) is 14.4. The van der Waals surface area contributed by atoms with Crippen LogP contribution in [0.15, 0.2) is 0 Å². The van der Waals surface area contributed by atoms with Gasteiger partial charge in [0.25, 0.3) is 0 Å². The second kappa shape index (κ2) is 5.14. The Kier molecular flexibility index (Phi) is 3.88. The van der Waals surface area contributed by atoms with Gasteiger partial charge in [-0.25, -0.2) is 0 Å². The van der Waals surface area contributed by atoms with Crippen molar-refractivity contribution in [3.8, 4) is 0 Å². The average molecular weight is 267 g/mol. The van der Waals surface area contributed by atoms with Crippen molar-refractivity contribution in [1.82, 2.24) is 4.90 Å². The minimum atomic E-state index is -0.807. The first-order valence-corrected chi connectivity index (χ1v) is 7.32. The van der Waals surface area contributed by atoms with Gasteiger partial charge in [-0.1, -0.05) is 20.8 Å². The van der Waals surface area contributed by atoms with Gasteiger partial charge in [0.1, 0.15) is 0 Å². The molecular weight excluding hydrogens is 242 g/mol. The van der Waals surface area contributed by atoms with Gasteiger partial charge in [-0.3, -0.25) is 9.59 Å². The van der Waals surface area contributed by atoms with Gasteiger partial charge < -0.3 is 10.0 Å². The topological polar surface area (TPSA) is 57.6 Å². The third-order valence-corrected chi connectivity index (χ3v) is 4.64. The lowest BCUT2D eigenvalue weighted by Gasteiger charge is -2.39. The molecule has 0 bridgehead atoms. The zero-order valence-corrected chi connectivity index (χ0v) is 12.2. The lowest BCUT2D eigenvalue weighted by molar-refractivity contribution is -0.150. The highest BCUT2D eigenvalue weighted by Crippen LogP contribution is 2.39. The van der Waals surface area contributed by atoms with E-state index >= 15 is 0 Å². The Morgan fingerprint density at radius 1 is 1.21 bits per heavy atom. The smallest absolute Gasteiger partial charge is 0.307 e. The van der Waals surface area contributed by atoms with Gasteiger partial charge in [-0.2, -0.15) is 0 Å². The first-order valence-electron chi connectivity index (χ1n) is 7.32. The molecule has 0 spiro atoms. The Morgan fingerprint density at radius 2 is 1.84 bits per heavy atom. The fraction of sp³-hybridized carbons (Fsp3) is 0.867. The molecule has 3 unspecified atom stereocenters. The van der Waals surface area contributed by atoms with Crippen LogP contribution in [0.5, 0.6) is 0 Å². The van der Waals surface area contributed by atoms with E-state index in [1.807, 2.05) is 11.8 Å². The van der Waals surface area contributed by atoms with Gasteiger partial charge in [0, 0.05) is 13.1 Å². The summed E-state index contributed by atoms with van der Waals surface area (Å²) in [6.45, 7) is 7.96. The second-order valence-electron chi connectivity index (χ2n) is 7.16. The standard InChI is InChI=1S/C15H25NO3/c1-10-7-11(12(8-10)14(18)19)13(17)16-6-4-5-15(2,3)9-16/h10-12H,4-9H2,1-3H3,(H,18,19). The molecule has 108 valence electrons. The van der Waals surface area contributed by atoms with Crippen LogP contribution in [0.25, 0.3) is 0 Å². The minimum Gasteiger partial charge on any atom is -0.481 e. The number of hydrogen-bond acceptors (Lipinski definition) is 2. The summed E-state index contributed by atoms with van der Waals surface area (Å²) in [7, 11) is 0. The monoisotopic (exact) mass is 267 g/mol. The molecular formula is C15H25NO3. The molecule has 1 amide bonds. The quantitative estimate of drug-likeness (QED) is 0.835. The summed E-state index contributed by atoms with van der Waals surface area (Å²) in [4.78, 5) is 25.8. The van der Waals surface area contributed by atoms with E-state index in [1.54, 1.807) is 0 Å². The maximum absolute atomic E-state index is 12.6. The van der Waals surface area contributed by atoms with Crippen LogP contribution >= 0.6 is 0 Å². The van der Waals surface area contributed by atoms with Gasteiger partial charge in [0.15, 0.2) is 0 Å². The van der Waals surface area contributed by atoms with Crippen molar-refractivity contribution in [3.63, 3.8) is 0 Å². The Hall–Kier alpha value is -1.06. The Bertz CT molecular complexity index is 378. The van der Waals surface area contributed by atoms with Crippen molar-refractivity contribution < 1.29 is 14.7 Å². The molecule has 1 saturated carbocycles. The number of carboxylic acids is 1. The Morgan fingerprint density at radius 3 is 2.42 bits per heavy atom. The van der Waals surface area contributed by atoms with Crippen LogP contribution in [0, 0.1) is 23.2 Å². The minimum absolute atomic E-state index is 0.0736. The molecule has 0 aromatic rings. The highest BCUT2D eigenvalue weighted by molar-refractivity contribution is 5.85. The highest BCUT2D eigenvalue weighted by Gasteiger charge is 2.43. The van der Waals surface area contributed by atoms with Gasteiger partial charge in [-0.05, 0) is 37.0 Å². The molecule has 1 heterocycles. The van der Waals surface area contributed by atoms with Crippen LogP contribution in [0.2, 0.25) is 0 Å². The number of nitrogens with zero attached hydrogens (tertiary/aromatic N) is 1. The second-order valence-corrected chi connectivity index (χ2v) is 7.16. The third-order valence-electron chi connectivity index (χ3n) is 4.64. The molecule has 4 nitrogen and oxygen atoms in total. The van der Waals surface area contributed by atoms with E-state index < -0.39 is 11.9 Å². The molecule has 3 atom stereocenters. The van der Waals surface area contributed by atoms with E-state index in [-0.39, 0.29) is 17.2 Å². The van der Waals surface area contributed by atoms with E-state index in [0.29, 0.717) is 12.3 Å². The van der Waals surface area contributed by atoms with E-state index in [4.69, 9.17) is 0 Å². The van der Waals surface area contributed by atoms with E-state index in [9.17, 15) is 14.7 Å². The van der Waals surface area contributed by atoms with Crippen LogP contribution in [-0.2, 0) is 9.59 Å². The maximum atomic E-state index is 12.6. The summed E-state index contributed by atoms with van der Waals surface area (Å²) in [6, 6.07) is 0. The van der Waals surface area contributed by atoms with Crippen LogP contribution in [0.3, 0.4) is 0 Å². The van der Waals surface area contributed by atoms with Crippen LogP contribution in [0.4, 0.5) is 0 Å². The largest absolute Gasteiger partial charge is 0.481 e. The van der Waals surface area contributed by atoms with Crippen molar-refractivity contribution in [3.05, 3.63) is 0 Å². The predicted molar refractivity (Wildman–Crippen MR) is 72.6 cm³/mol. The molecule has 4 heteroatoms. The van der Waals surface area contributed by atoms with Crippen molar-refractivity contribution in [2.24, 2.45) is 23.2 Å². The summed E-state index contributed by atoms with van der Waals surface area (Å²) in [5.74, 6) is -1.18. The lowest BCUT2D eigenvalue weighted by Crippen LogP contribution is -2.47. The Balaban J connectivity index is 2.08. The fourth-order valence-corrected chi connectivity index (χ4v) is 3.68. The molecule has 0 aromatic heterocycles. The summed E-state index contributed by atoms with van der Waals surface area (Å²) >= 11 is 0. The van der Waals surface area contributed by atoms with Gasteiger partial charge >= 0.3 is 5.97 Å². The van der Waals surface area contributed by atoms with Gasteiger partial charge in [-0.15, -0.1) is 0 Å². The summed E-state index contributed by atoms with van der Waals surface area (Å²) in [5, 5.41) is 9.28. The molecule has 1 saturated heterocycles. The number of rotatable bonds is 2. The zero-order valence-electron chi connectivity index (χ0n) is 12.2. The molecule has 1 N–H and O–H groups in total. The van der Waals surface area contributed by atoms with E-state index in [2.05, 4.69) is 13.8 Å². The molecule has 19 heavy (non-hydrogen) atoms. The lowest BCUT2D eigenvalue weighted by atomic mass is 9.83. The molecule has 1 aliphatic heterocycles. The van der Waals surface area contributed by atoms with Crippen molar-refractivity contribution >= 4 is 11.9 Å². The summed E-state index contributed by atoms with van der Waals surface area (Å²) in [5.41, 5.74) is 0.164. The van der Waals surface area contributed by atoms with Crippen LogP contribution in [0.1, 0.15) is 46.5 Å². The zero-order chi connectivity index (χ0) is 14.2. The van der Waals surface area contributed by atoms with Crippen LogP contribution in [-0.4, -0.2) is 35.0 Å². The van der Waals surface area contributed by atoms with E-state index in [1.165, 1.54) is 0 Å². The normalized spacial score (nSPS) is 34.3. The first-order chi connectivity index (χ1) is 8.80. The van der Waals surface area contributed by atoms with Crippen molar-refractivity contribution in [2.75, 3.05) is 13.1 Å². The number of amides is 1. The molecule has 1 aliphatic carbocycles. The number of carbonyl (C=O) groups is 2. The fourth-order valence-electron chi connectivity index (χ4n) is 3.68. The maximum Gasteiger partial charge on any atom is 0.307 e. The SMILES string of the molecule is CC1CC(C(=O)O)C(C(=O)N2CCCC(C)(C)C2)C1. The summed E-state index contributed by atoms with van der Waals surface area (Å²) in [6.07, 6.45) is 3.54. The number of piperidine rings is 1. The molecule has 2 fully saturated rings. The molecule has 0 aromatic carbocycles. The number of aliphatic carboxylic acids is 1. The molecule has 2 rings (SSSR count). The number of carboxylic acid groups (broad SMARTS) is 1. The van der Waals surface area contributed by atoms with Crippen molar-refractivity contribution in [2.45, 2.75) is 46.5 Å². The summed E-state index contributed by atoms with van der Waals surface area (Å²) < 4.78 is 0. The number of carbonyl (C=O) groups excluding carboxylic acids is 1. The number of likely N-dealkylation sites (tertiary alicyclic amines) is 1. The van der Waals surface area contributed by atoms with Crippen molar-refractivity contribution in [1.29, 1.82) is 0 Å². The molecule has 0 radical (unpaired) electrons. The average Bonchev–Trinajstić information content (AvgIpc) is 2.69. The van der Waals surface area contributed by atoms with Gasteiger partial charge in [0.2, 0.25) is 5.91 Å². The number of hydrogen-bond donors (Lipinski definition) is 1. The third kappa shape index (κ3) is 3.10. The van der Waals surface area contributed by atoms with Gasteiger partial charge in [0.05, 0.1) is 11.8 Å².